The number of anilines is 1. The van der Waals surface area contributed by atoms with Crippen LogP contribution >= 0.6 is 11.6 Å². The first-order valence-electron chi connectivity index (χ1n) is 9.42. The summed E-state index contributed by atoms with van der Waals surface area (Å²) in [4.78, 5) is 17.7. The third-order valence-corrected chi connectivity index (χ3v) is 5.99. The molecule has 1 N–H and O–H groups in total. The van der Waals surface area contributed by atoms with Crippen molar-refractivity contribution in [3.8, 4) is 0 Å². The summed E-state index contributed by atoms with van der Waals surface area (Å²) in [6, 6.07) is 5.11. The van der Waals surface area contributed by atoms with Crippen LogP contribution in [0.3, 0.4) is 0 Å². The fraction of sp³-hybridized carbons (Fsp3) is 0.600. The van der Waals surface area contributed by atoms with Crippen LogP contribution in [0, 0.1) is 12.2 Å². The number of amides is 1. The lowest BCUT2D eigenvalue weighted by atomic mass is 9.79. The molecule has 1 unspecified atom stereocenters. The summed E-state index contributed by atoms with van der Waals surface area (Å²) < 4.78 is 13.5. The Kier molecular flexibility index (Phi) is 6.08. The average Bonchev–Trinajstić information content (AvgIpc) is 2.65. The van der Waals surface area contributed by atoms with Crippen LogP contribution in [0.15, 0.2) is 18.2 Å². The van der Waals surface area contributed by atoms with Crippen molar-refractivity contribution in [2.75, 3.05) is 32.5 Å². The highest BCUT2D eigenvalue weighted by atomic mass is 35.5. The second-order valence-electron chi connectivity index (χ2n) is 7.71. The van der Waals surface area contributed by atoms with Crippen LogP contribution in [0.25, 0.3) is 0 Å². The number of carbonyl (C=O) groups is 1. The van der Waals surface area contributed by atoms with Crippen molar-refractivity contribution in [1.82, 2.24) is 9.80 Å². The van der Waals surface area contributed by atoms with E-state index in [4.69, 9.17) is 11.6 Å². The molecule has 6 heteroatoms. The first kappa shape index (κ1) is 19.4. The van der Waals surface area contributed by atoms with E-state index >= 15 is 0 Å². The lowest BCUT2D eigenvalue weighted by Gasteiger charge is -2.43. The van der Waals surface area contributed by atoms with Gasteiger partial charge in [-0.3, -0.25) is 4.79 Å². The first-order chi connectivity index (χ1) is 12.4. The quantitative estimate of drug-likeness (QED) is 0.858. The molecule has 2 aliphatic rings. The van der Waals surface area contributed by atoms with Gasteiger partial charge in [-0.15, -0.1) is 0 Å². The van der Waals surface area contributed by atoms with Gasteiger partial charge < -0.3 is 15.1 Å². The van der Waals surface area contributed by atoms with Crippen molar-refractivity contribution in [2.24, 2.45) is 0 Å². The standard InChI is InChI=1S/C20H28ClFN3O/c1-24(2)16-8-12-25(13-9-16)19(26)20(10-4-3-5-11-20)23-15-6-7-18(22)17(21)14-15/h4,6-7,14,16,23H,3,5,8-13H2,1-2H3. The van der Waals surface area contributed by atoms with Gasteiger partial charge in [-0.1, -0.05) is 18.0 Å². The minimum absolute atomic E-state index is 0.0733. The van der Waals surface area contributed by atoms with E-state index in [-0.39, 0.29) is 10.9 Å². The van der Waals surface area contributed by atoms with Crippen molar-refractivity contribution in [2.45, 2.75) is 50.1 Å². The van der Waals surface area contributed by atoms with E-state index in [1.54, 1.807) is 12.1 Å². The largest absolute Gasteiger partial charge is 0.371 e. The third kappa shape index (κ3) is 4.15. The maximum atomic E-state index is 13.5. The topological polar surface area (TPSA) is 35.6 Å². The number of nitrogens with zero attached hydrogens (tertiary/aromatic N) is 2. The number of piperidine rings is 1. The van der Waals surface area contributed by atoms with E-state index < -0.39 is 11.4 Å². The number of carbonyl (C=O) groups excluding carboxylic acids is 1. The minimum atomic E-state index is -0.648. The molecule has 1 atom stereocenters. The molecule has 0 bridgehead atoms. The van der Waals surface area contributed by atoms with Crippen LogP contribution in [0.4, 0.5) is 10.1 Å². The zero-order valence-electron chi connectivity index (χ0n) is 15.6. The highest BCUT2D eigenvalue weighted by molar-refractivity contribution is 6.31. The number of rotatable bonds is 4. The molecule has 1 aromatic rings. The smallest absolute Gasteiger partial charge is 0.248 e. The van der Waals surface area contributed by atoms with E-state index in [0.717, 1.165) is 45.2 Å². The molecular weight excluding hydrogens is 353 g/mol. The van der Waals surface area contributed by atoms with E-state index in [0.29, 0.717) is 18.2 Å². The molecule has 3 rings (SSSR count). The van der Waals surface area contributed by atoms with Crippen molar-refractivity contribution in [3.05, 3.63) is 35.5 Å². The van der Waals surface area contributed by atoms with Crippen molar-refractivity contribution in [1.29, 1.82) is 0 Å². The van der Waals surface area contributed by atoms with Crippen molar-refractivity contribution >= 4 is 23.2 Å². The molecule has 1 aromatic carbocycles. The molecule has 1 amide bonds. The van der Waals surface area contributed by atoms with Crippen LogP contribution in [0.5, 0.6) is 0 Å². The number of hydrogen-bond acceptors (Lipinski definition) is 3. The van der Waals surface area contributed by atoms with Gasteiger partial charge in [0, 0.05) is 24.8 Å². The van der Waals surface area contributed by atoms with Gasteiger partial charge in [-0.05, 0) is 70.8 Å². The van der Waals surface area contributed by atoms with Gasteiger partial charge in [0.1, 0.15) is 11.4 Å². The molecule has 2 fully saturated rings. The van der Waals surface area contributed by atoms with Crippen LogP contribution < -0.4 is 5.32 Å². The maximum Gasteiger partial charge on any atom is 0.248 e. The van der Waals surface area contributed by atoms with Crippen LogP contribution in [0.2, 0.25) is 5.02 Å². The second-order valence-corrected chi connectivity index (χ2v) is 8.12. The highest BCUT2D eigenvalue weighted by Gasteiger charge is 2.43. The average molecular weight is 381 g/mol. The molecule has 1 aliphatic carbocycles. The Morgan fingerprint density at radius 3 is 2.65 bits per heavy atom. The zero-order valence-corrected chi connectivity index (χ0v) is 16.4. The summed E-state index contributed by atoms with van der Waals surface area (Å²) in [6.45, 7) is 1.57. The van der Waals surface area contributed by atoms with E-state index in [9.17, 15) is 9.18 Å². The Morgan fingerprint density at radius 2 is 2.08 bits per heavy atom. The summed E-state index contributed by atoms with van der Waals surface area (Å²) in [5.41, 5.74) is 0.0490. The lowest BCUT2D eigenvalue weighted by molar-refractivity contribution is -0.138. The minimum Gasteiger partial charge on any atom is -0.371 e. The summed E-state index contributed by atoms with van der Waals surface area (Å²) in [5.74, 6) is -0.287. The highest BCUT2D eigenvalue weighted by Crippen LogP contribution is 2.35. The lowest BCUT2D eigenvalue weighted by Crippen LogP contribution is -2.57. The molecule has 0 spiro atoms. The molecule has 26 heavy (non-hydrogen) atoms. The Bertz CT molecular complexity index is 638. The third-order valence-electron chi connectivity index (χ3n) is 5.70. The van der Waals surface area contributed by atoms with Crippen LogP contribution in [-0.4, -0.2) is 54.5 Å². The Balaban J connectivity index is 1.76. The van der Waals surface area contributed by atoms with E-state index in [1.165, 1.54) is 6.07 Å². The van der Waals surface area contributed by atoms with Gasteiger partial charge in [0.2, 0.25) is 5.91 Å². The Hall–Kier alpha value is -1.33. The monoisotopic (exact) mass is 380 g/mol. The normalized spacial score (nSPS) is 21.0. The van der Waals surface area contributed by atoms with Gasteiger partial charge in [-0.25, -0.2) is 4.39 Å². The molecule has 1 heterocycles. The molecule has 1 aliphatic heterocycles. The van der Waals surface area contributed by atoms with Gasteiger partial charge >= 0.3 is 0 Å². The van der Waals surface area contributed by atoms with Gasteiger partial charge in [0.15, 0.2) is 0 Å². The molecule has 0 aromatic heterocycles. The first-order valence-corrected chi connectivity index (χ1v) is 9.80. The fourth-order valence-electron chi connectivity index (χ4n) is 4.10. The molecule has 1 saturated heterocycles. The summed E-state index contributed by atoms with van der Waals surface area (Å²) in [5, 5.41) is 3.48. The molecule has 1 radical (unpaired) electrons. The Labute approximate surface area is 160 Å². The fourth-order valence-corrected chi connectivity index (χ4v) is 4.28. The van der Waals surface area contributed by atoms with Crippen molar-refractivity contribution in [3.63, 3.8) is 0 Å². The number of hydrogen-bond donors (Lipinski definition) is 1. The predicted octanol–water partition coefficient (Wildman–Crippen LogP) is 3.96. The van der Waals surface area contributed by atoms with Gasteiger partial charge in [0.05, 0.1) is 5.02 Å². The SMILES string of the molecule is CN(C)C1CCN(C(=O)C2(Nc3ccc(F)c(Cl)c3)C[CH]CCC2)CC1. The van der Waals surface area contributed by atoms with Crippen LogP contribution in [-0.2, 0) is 4.79 Å². The summed E-state index contributed by atoms with van der Waals surface area (Å²) >= 11 is 5.93. The van der Waals surface area contributed by atoms with Gasteiger partial charge in [0.25, 0.3) is 0 Å². The van der Waals surface area contributed by atoms with Gasteiger partial charge in [-0.2, -0.15) is 0 Å². The number of halogens is 2. The van der Waals surface area contributed by atoms with E-state index in [2.05, 4.69) is 30.7 Å². The molecular formula is C20H28ClFN3O. The molecule has 4 nitrogen and oxygen atoms in total. The summed E-state index contributed by atoms with van der Waals surface area (Å²) in [6.07, 6.45) is 7.67. The predicted molar refractivity (Wildman–Crippen MR) is 104 cm³/mol. The molecule has 1 saturated carbocycles. The second kappa shape index (κ2) is 8.13. The summed E-state index contributed by atoms with van der Waals surface area (Å²) in [7, 11) is 4.19. The molecule has 143 valence electrons. The zero-order chi connectivity index (χ0) is 18.7. The number of benzene rings is 1. The number of likely N-dealkylation sites (tertiary alicyclic amines) is 1. The Morgan fingerprint density at radius 1 is 1.35 bits per heavy atom. The number of nitrogens with one attached hydrogen (secondary N) is 1. The van der Waals surface area contributed by atoms with E-state index in [1.807, 2.05) is 4.90 Å². The maximum absolute atomic E-state index is 13.5. The van der Waals surface area contributed by atoms with Crippen LogP contribution in [0.1, 0.15) is 38.5 Å². The van der Waals surface area contributed by atoms with Crippen molar-refractivity contribution < 1.29 is 9.18 Å².